The highest BCUT2D eigenvalue weighted by Gasteiger charge is 2.00. The third kappa shape index (κ3) is 71.0. The van der Waals surface area contributed by atoms with E-state index in [1.807, 2.05) is 6.92 Å². The lowest BCUT2D eigenvalue weighted by molar-refractivity contribution is -0.0319. The van der Waals surface area contributed by atoms with Crippen LogP contribution in [0, 0.1) is 0 Å². The molecular weight excluding hydrogens is 973 g/mol. The molecule has 0 atom stereocenters. The number of ether oxygens (including phenoxy) is 24. The molecular formula is C49H100O24. The highest BCUT2D eigenvalue weighted by atomic mass is 16.6. The Morgan fingerprint density at radius 2 is 0.205 bits per heavy atom. The molecule has 0 N–H and O–H groups in total. The molecule has 0 fully saturated rings. The third-order valence-corrected chi connectivity index (χ3v) is 8.82. The van der Waals surface area contributed by atoms with Crippen LogP contribution < -0.4 is 0 Å². The van der Waals surface area contributed by atoms with Gasteiger partial charge in [-0.05, 0) is 6.92 Å². The molecule has 0 aromatic carbocycles. The molecule has 0 saturated carbocycles. The van der Waals surface area contributed by atoms with E-state index in [1.54, 1.807) is 7.11 Å². The number of hydrogen-bond acceptors (Lipinski definition) is 24. The average molecular weight is 1070 g/mol. The van der Waals surface area contributed by atoms with Crippen LogP contribution in [0.2, 0.25) is 0 Å². The van der Waals surface area contributed by atoms with E-state index in [0.29, 0.717) is 311 Å². The van der Waals surface area contributed by atoms with E-state index in [1.165, 1.54) is 0 Å². The Hall–Kier alpha value is -0.960. The summed E-state index contributed by atoms with van der Waals surface area (Å²) in [5, 5.41) is 0. The summed E-state index contributed by atoms with van der Waals surface area (Å²) in [7, 11) is 1.64. The molecule has 73 heavy (non-hydrogen) atoms. The standard InChI is InChI=1S/C49H100O24/c1-3-51-6-7-53-10-11-55-14-15-57-18-19-59-22-23-61-26-27-63-30-31-65-34-35-67-38-39-69-42-43-71-46-47-73-49-48-72-45-44-70-41-40-68-37-36-66-33-32-64-29-28-62-25-24-60-21-20-58-17-16-56-13-12-54-9-8-52-5-4-50-2/h3-49H2,1-2H3. The van der Waals surface area contributed by atoms with Crippen molar-refractivity contribution in [2.24, 2.45) is 0 Å². The Kier molecular flexibility index (Phi) is 70.1. The average Bonchev–Trinajstić information content (AvgIpc) is 3.40. The van der Waals surface area contributed by atoms with Crippen molar-refractivity contribution in [2.45, 2.75) is 6.92 Å². The fourth-order valence-corrected chi connectivity index (χ4v) is 5.12. The van der Waals surface area contributed by atoms with Crippen molar-refractivity contribution >= 4 is 0 Å². The van der Waals surface area contributed by atoms with Crippen molar-refractivity contribution in [1.29, 1.82) is 0 Å². The van der Waals surface area contributed by atoms with Gasteiger partial charge in [-0.25, -0.2) is 0 Å². The second-order valence-corrected chi connectivity index (χ2v) is 14.7. The number of hydrogen-bond donors (Lipinski definition) is 0. The topological polar surface area (TPSA) is 222 Å². The molecule has 0 spiro atoms. The second kappa shape index (κ2) is 71.0. The third-order valence-electron chi connectivity index (χ3n) is 8.82. The van der Waals surface area contributed by atoms with Gasteiger partial charge in [-0.3, -0.25) is 0 Å². The van der Waals surface area contributed by atoms with Crippen molar-refractivity contribution in [3.8, 4) is 0 Å². The summed E-state index contributed by atoms with van der Waals surface area (Å²) in [6.07, 6.45) is 0. The summed E-state index contributed by atoms with van der Waals surface area (Å²) in [5.41, 5.74) is 0. The Bertz CT molecular complexity index is 870. The summed E-state index contributed by atoms with van der Waals surface area (Å²) in [6, 6.07) is 0. The first kappa shape index (κ1) is 72.0. The zero-order valence-electron chi connectivity index (χ0n) is 45.0. The van der Waals surface area contributed by atoms with Crippen LogP contribution >= 0.6 is 0 Å². The Morgan fingerprint density at radius 1 is 0.123 bits per heavy atom. The molecule has 0 unspecified atom stereocenters. The van der Waals surface area contributed by atoms with Gasteiger partial charge in [0.1, 0.15) is 0 Å². The first-order valence-corrected chi connectivity index (χ1v) is 26.2. The van der Waals surface area contributed by atoms with Crippen molar-refractivity contribution in [2.75, 3.05) is 318 Å². The fraction of sp³-hybridized carbons (Fsp3) is 1.00. The molecule has 0 radical (unpaired) electrons. The fourth-order valence-electron chi connectivity index (χ4n) is 5.12. The molecule has 0 heterocycles. The lowest BCUT2D eigenvalue weighted by atomic mass is 10.6. The summed E-state index contributed by atoms with van der Waals surface area (Å²) in [4.78, 5) is 0. The minimum absolute atomic E-state index is 0.489. The predicted molar refractivity (Wildman–Crippen MR) is 266 cm³/mol. The first-order chi connectivity index (χ1) is 36.4. The van der Waals surface area contributed by atoms with Gasteiger partial charge in [-0.1, -0.05) is 0 Å². The highest BCUT2D eigenvalue weighted by molar-refractivity contribution is 4.42. The molecule has 0 aliphatic rings. The van der Waals surface area contributed by atoms with Gasteiger partial charge in [-0.15, -0.1) is 0 Å². The molecule has 0 aliphatic heterocycles. The molecule has 0 aliphatic carbocycles. The molecule has 0 bridgehead atoms. The largest absolute Gasteiger partial charge is 0.382 e. The van der Waals surface area contributed by atoms with Crippen LogP contribution in [-0.4, -0.2) is 318 Å². The van der Waals surface area contributed by atoms with E-state index in [0.717, 1.165) is 0 Å². The number of rotatable bonds is 70. The molecule has 24 nitrogen and oxygen atoms in total. The molecule has 0 aromatic heterocycles. The Morgan fingerprint density at radius 3 is 0.288 bits per heavy atom. The maximum atomic E-state index is 5.52. The van der Waals surface area contributed by atoms with Crippen LogP contribution in [0.5, 0.6) is 0 Å². The lowest BCUT2D eigenvalue weighted by Gasteiger charge is -2.09. The zero-order chi connectivity index (χ0) is 52.2. The number of methoxy groups -OCH3 is 1. The van der Waals surface area contributed by atoms with Gasteiger partial charge in [0, 0.05) is 13.7 Å². The van der Waals surface area contributed by atoms with Crippen LogP contribution in [0.1, 0.15) is 6.92 Å². The van der Waals surface area contributed by atoms with Crippen LogP contribution in [0.4, 0.5) is 0 Å². The van der Waals surface area contributed by atoms with Crippen molar-refractivity contribution < 1.29 is 114 Å². The van der Waals surface area contributed by atoms with Crippen molar-refractivity contribution in [3.63, 3.8) is 0 Å². The molecule has 0 amide bonds. The molecule has 0 aromatic rings. The highest BCUT2D eigenvalue weighted by Crippen LogP contribution is 1.91. The normalized spacial score (nSPS) is 11.8. The van der Waals surface area contributed by atoms with E-state index >= 15 is 0 Å². The van der Waals surface area contributed by atoms with Crippen LogP contribution in [-0.2, 0) is 114 Å². The van der Waals surface area contributed by atoms with E-state index in [4.69, 9.17) is 114 Å². The van der Waals surface area contributed by atoms with Gasteiger partial charge in [0.25, 0.3) is 0 Å². The zero-order valence-corrected chi connectivity index (χ0v) is 45.0. The summed E-state index contributed by atoms with van der Waals surface area (Å²) in [5.74, 6) is 0. The summed E-state index contributed by atoms with van der Waals surface area (Å²) in [6.45, 7) is 26.2. The Balaban J connectivity index is 3.07. The summed E-state index contributed by atoms with van der Waals surface area (Å²) < 4.78 is 131. The van der Waals surface area contributed by atoms with Gasteiger partial charge in [-0.2, -0.15) is 0 Å². The van der Waals surface area contributed by atoms with Gasteiger partial charge >= 0.3 is 0 Å². The SMILES string of the molecule is CCOCCOCCOCCOCCOCCOCCOCCOCCOCCOCCOCCOCCOCCOCCOCCOCCOCCOCCOCCOCCOCCOCCOCCOC. The van der Waals surface area contributed by atoms with Crippen LogP contribution in [0.25, 0.3) is 0 Å². The molecule has 0 rings (SSSR count). The van der Waals surface area contributed by atoms with E-state index in [2.05, 4.69) is 0 Å². The molecule has 440 valence electrons. The van der Waals surface area contributed by atoms with Gasteiger partial charge < -0.3 is 114 Å². The monoisotopic (exact) mass is 1070 g/mol. The van der Waals surface area contributed by atoms with Crippen LogP contribution in [0.15, 0.2) is 0 Å². The molecule has 0 saturated heterocycles. The minimum Gasteiger partial charge on any atom is -0.382 e. The summed E-state index contributed by atoms with van der Waals surface area (Å²) >= 11 is 0. The molecule has 24 heteroatoms. The van der Waals surface area contributed by atoms with E-state index in [9.17, 15) is 0 Å². The van der Waals surface area contributed by atoms with Crippen molar-refractivity contribution in [3.05, 3.63) is 0 Å². The van der Waals surface area contributed by atoms with Crippen molar-refractivity contribution in [1.82, 2.24) is 0 Å². The smallest absolute Gasteiger partial charge is 0.0701 e. The predicted octanol–water partition coefficient (Wildman–Crippen LogP) is 1.03. The first-order valence-electron chi connectivity index (χ1n) is 26.2. The van der Waals surface area contributed by atoms with Crippen LogP contribution in [0.3, 0.4) is 0 Å². The maximum Gasteiger partial charge on any atom is 0.0701 e. The van der Waals surface area contributed by atoms with Gasteiger partial charge in [0.15, 0.2) is 0 Å². The van der Waals surface area contributed by atoms with E-state index in [-0.39, 0.29) is 0 Å². The minimum atomic E-state index is 0.489. The van der Waals surface area contributed by atoms with Gasteiger partial charge in [0.2, 0.25) is 0 Å². The van der Waals surface area contributed by atoms with E-state index < -0.39 is 0 Å². The quantitative estimate of drug-likeness (QED) is 0.0777. The maximum absolute atomic E-state index is 5.52. The lowest BCUT2D eigenvalue weighted by Crippen LogP contribution is -2.16. The van der Waals surface area contributed by atoms with Gasteiger partial charge in [0.05, 0.1) is 304 Å². The second-order valence-electron chi connectivity index (χ2n) is 14.7. The Labute approximate surface area is 437 Å².